The van der Waals surface area contributed by atoms with Gasteiger partial charge in [0, 0.05) is 29.0 Å². The van der Waals surface area contributed by atoms with Gasteiger partial charge in [0.05, 0.1) is 7.11 Å². The molecule has 0 unspecified atom stereocenters. The van der Waals surface area contributed by atoms with Crippen LogP contribution in [-0.4, -0.2) is 42.9 Å². The van der Waals surface area contributed by atoms with E-state index >= 15 is 0 Å². The van der Waals surface area contributed by atoms with Gasteiger partial charge < -0.3 is 9.30 Å². The van der Waals surface area contributed by atoms with E-state index in [2.05, 4.69) is 4.98 Å². The van der Waals surface area contributed by atoms with Crippen molar-refractivity contribution in [3.8, 4) is 28.4 Å². The Hall–Kier alpha value is -3.56. The summed E-state index contributed by atoms with van der Waals surface area (Å²) in [6.07, 6.45) is 2.58. The number of ether oxygens (including phenoxy) is 1. The van der Waals surface area contributed by atoms with Gasteiger partial charge in [-0.1, -0.05) is 74.9 Å². The first-order valence-corrected chi connectivity index (χ1v) is 14.9. The van der Waals surface area contributed by atoms with Gasteiger partial charge in [-0.2, -0.15) is 4.98 Å². The predicted molar refractivity (Wildman–Crippen MR) is 150 cm³/mol. The maximum Gasteiger partial charge on any atom is 0.243 e. The van der Waals surface area contributed by atoms with Crippen molar-refractivity contribution in [2.75, 3.05) is 12.9 Å². The van der Waals surface area contributed by atoms with Crippen molar-refractivity contribution in [2.45, 2.75) is 43.9 Å². The molecule has 4 aromatic rings. The maximum atomic E-state index is 13.1. The predicted octanol–water partition coefficient (Wildman–Crippen LogP) is 5.85. The van der Waals surface area contributed by atoms with Crippen LogP contribution < -0.4 is 4.74 Å². The van der Waals surface area contributed by atoms with Crippen molar-refractivity contribution >= 4 is 33.2 Å². The number of carbonyl (C=O) groups is 2. The second kappa shape index (κ2) is 11.9. The number of aldehydes is 1. The third-order valence-corrected chi connectivity index (χ3v) is 9.68. The number of imidazole rings is 1. The van der Waals surface area contributed by atoms with Crippen molar-refractivity contribution in [3.05, 3.63) is 76.8 Å². The number of rotatable bonds is 12. The SMILES string of the molecule is CCCc1cc(-c2ccc(Cn3c(-c4ccccc4)nc(OC)c3C=O)cc2)c(S(=O)(=O)CC(=O)CC)s1. The smallest absolute Gasteiger partial charge is 0.243 e. The number of carbonyl (C=O) groups excluding carboxylic acids is 2. The number of Topliss-reactive ketones (excluding diaryl/α,β-unsaturated/α-hetero) is 1. The van der Waals surface area contributed by atoms with E-state index in [0.717, 1.165) is 40.7 Å². The van der Waals surface area contributed by atoms with Crippen LogP contribution in [0.25, 0.3) is 22.5 Å². The zero-order valence-corrected chi connectivity index (χ0v) is 23.3. The molecule has 0 aliphatic rings. The Balaban J connectivity index is 1.71. The highest BCUT2D eigenvalue weighted by Crippen LogP contribution is 2.37. The topological polar surface area (TPSA) is 95.3 Å². The number of methoxy groups -OCH3 is 1. The van der Waals surface area contributed by atoms with E-state index in [0.29, 0.717) is 23.6 Å². The minimum atomic E-state index is -3.75. The molecule has 0 bridgehead atoms. The van der Waals surface area contributed by atoms with E-state index in [1.54, 1.807) is 6.92 Å². The highest BCUT2D eigenvalue weighted by atomic mass is 32.2. The lowest BCUT2D eigenvalue weighted by atomic mass is 10.1. The Kier molecular flexibility index (Phi) is 8.58. The quantitative estimate of drug-likeness (QED) is 0.205. The molecule has 9 heteroatoms. The van der Waals surface area contributed by atoms with Gasteiger partial charge in [-0.25, -0.2) is 8.42 Å². The molecule has 0 radical (unpaired) electrons. The van der Waals surface area contributed by atoms with Crippen LogP contribution in [0.5, 0.6) is 5.88 Å². The molecule has 0 saturated carbocycles. The third-order valence-electron chi connectivity index (χ3n) is 6.19. The Bertz CT molecular complexity index is 1540. The highest BCUT2D eigenvalue weighted by Gasteiger charge is 2.26. The molecular formula is C29H30N2O5S2. The summed E-state index contributed by atoms with van der Waals surface area (Å²) in [5, 5.41) is 0. The molecular weight excluding hydrogens is 520 g/mol. The Morgan fingerprint density at radius 1 is 1.05 bits per heavy atom. The summed E-state index contributed by atoms with van der Waals surface area (Å²) < 4.78 is 33.7. The Morgan fingerprint density at radius 2 is 1.76 bits per heavy atom. The summed E-state index contributed by atoms with van der Waals surface area (Å²) in [5.41, 5.74) is 3.48. The fourth-order valence-electron chi connectivity index (χ4n) is 4.25. The molecule has 2 aromatic carbocycles. The molecule has 0 fully saturated rings. The van der Waals surface area contributed by atoms with Crippen molar-refractivity contribution < 1.29 is 22.7 Å². The normalized spacial score (nSPS) is 11.4. The number of benzene rings is 2. The molecule has 38 heavy (non-hydrogen) atoms. The maximum absolute atomic E-state index is 13.1. The van der Waals surface area contributed by atoms with Crippen LogP contribution in [0.15, 0.2) is 64.9 Å². The number of aryl methyl sites for hydroxylation is 1. The average Bonchev–Trinajstić information content (AvgIpc) is 3.51. The van der Waals surface area contributed by atoms with Gasteiger partial charge in [-0.05, 0) is 23.6 Å². The molecule has 0 amide bonds. The lowest BCUT2D eigenvalue weighted by Gasteiger charge is -2.11. The number of sulfone groups is 1. The van der Waals surface area contributed by atoms with E-state index < -0.39 is 15.6 Å². The van der Waals surface area contributed by atoms with Crippen molar-refractivity contribution in [1.82, 2.24) is 9.55 Å². The first-order valence-electron chi connectivity index (χ1n) is 12.4. The first-order chi connectivity index (χ1) is 18.3. The highest BCUT2D eigenvalue weighted by molar-refractivity contribution is 7.94. The molecule has 198 valence electrons. The summed E-state index contributed by atoms with van der Waals surface area (Å²) in [5.74, 6) is 0.0888. The molecule has 0 aliphatic heterocycles. The van der Waals surface area contributed by atoms with Gasteiger partial charge in [0.2, 0.25) is 5.88 Å². The van der Waals surface area contributed by atoms with Gasteiger partial charge in [0.1, 0.15) is 27.3 Å². The zero-order chi connectivity index (χ0) is 27.3. The first kappa shape index (κ1) is 27.5. The van der Waals surface area contributed by atoms with Crippen LogP contribution in [0, 0.1) is 0 Å². The van der Waals surface area contributed by atoms with Gasteiger partial charge in [-0.3, -0.25) is 9.59 Å². The number of hydrogen-bond acceptors (Lipinski definition) is 7. The summed E-state index contributed by atoms with van der Waals surface area (Å²) in [7, 11) is -2.27. The summed E-state index contributed by atoms with van der Waals surface area (Å²) in [4.78, 5) is 29.4. The van der Waals surface area contributed by atoms with Gasteiger partial charge >= 0.3 is 0 Å². The van der Waals surface area contributed by atoms with Crippen LogP contribution in [0.2, 0.25) is 0 Å². The van der Waals surface area contributed by atoms with E-state index in [9.17, 15) is 18.0 Å². The zero-order valence-electron chi connectivity index (χ0n) is 21.6. The Labute approximate surface area is 227 Å². The Morgan fingerprint density at radius 3 is 2.37 bits per heavy atom. The fourth-order valence-corrected chi connectivity index (χ4v) is 7.54. The second-order valence-corrected chi connectivity index (χ2v) is 12.2. The standard InChI is InChI=1S/C29H30N2O5S2/c1-4-9-24-16-25(29(37-24)38(34,35)19-23(33)5-2)21-14-12-20(13-15-21)17-31-26(18-32)28(36-3)30-27(31)22-10-7-6-8-11-22/h6-8,10-16,18H,4-5,9,17,19H2,1-3H3. The number of thiophene rings is 1. The van der Waals surface area contributed by atoms with E-state index in [1.807, 2.05) is 72.2 Å². The van der Waals surface area contributed by atoms with E-state index in [1.165, 1.54) is 18.4 Å². The van der Waals surface area contributed by atoms with Crippen LogP contribution in [0.1, 0.15) is 47.6 Å². The van der Waals surface area contributed by atoms with Crippen LogP contribution in [0.4, 0.5) is 0 Å². The molecule has 0 saturated heterocycles. The molecule has 0 spiro atoms. The number of hydrogen-bond donors (Lipinski definition) is 0. The van der Waals surface area contributed by atoms with Crippen LogP contribution in [0.3, 0.4) is 0 Å². The minimum Gasteiger partial charge on any atom is -0.479 e. The van der Waals surface area contributed by atoms with Crippen molar-refractivity contribution in [3.63, 3.8) is 0 Å². The molecule has 0 atom stereocenters. The summed E-state index contributed by atoms with van der Waals surface area (Å²) in [6.45, 7) is 4.09. The monoisotopic (exact) mass is 550 g/mol. The van der Waals surface area contributed by atoms with Crippen molar-refractivity contribution in [1.29, 1.82) is 0 Å². The van der Waals surface area contributed by atoms with Gasteiger partial charge in [-0.15, -0.1) is 11.3 Å². The van der Waals surface area contributed by atoms with Gasteiger partial charge in [0.25, 0.3) is 0 Å². The summed E-state index contributed by atoms with van der Waals surface area (Å²) in [6, 6.07) is 19.1. The van der Waals surface area contributed by atoms with Crippen LogP contribution >= 0.6 is 11.3 Å². The molecule has 0 aliphatic carbocycles. The molecule has 7 nitrogen and oxygen atoms in total. The lowest BCUT2D eigenvalue weighted by molar-refractivity contribution is -0.116. The van der Waals surface area contributed by atoms with Gasteiger partial charge in [0.15, 0.2) is 16.1 Å². The van der Waals surface area contributed by atoms with Crippen molar-refractivity contribution in [2.24, 2.45) is 0 Å². The second-order valence-electron chi connectivity index (χ2n) is 8.91. The molecule has 2 heterocycles. The molecule has 0 N–H and O–H groups in total. The van der Waals surface area contributed by atoms with E-state index in [4.69, 9.17) is 4.74 Å². The average molecular weight is 551 g/mol. The number of ketones is 1. The van der Waals surface area contributed by atoms with E-state index in [-0.39, 0.29) is 22.3 Å². The number of aromatic nitrogens is 2. The van der Waals surface area contributed by atoms with Crippen LogP contribution in [-0.2, 0) is 27.6 Å². The molecule has 2 aromatic heterocycles. The fraction of sp³-hybridized carbons (Fsp3) is 0.276. The summed E-state index contributed by atoms with van der Waals surface area (Å²) >= 11 is 1.25. The minimum absolute atomic E-state index is 0.184. The lowest BCUT2D eigenvalue weighted by Crippen LogP contribution is -2.14. The number of nitrogens with zero attached hydrogens (tertiary/aromatic N) is 2. The molecule has 4 rings (SSSR count). The third kappa shape index (κ3) is 5.79. The largest absolute Gasteiger partial charge is 0.479 e.